The van der Waals surface area contributed by atoms with Crippen LogP contribution in [0.4, 0.5) is 0 Å². The van der Waals surface area contributed by atoms with Gasteiger partial charge in [-0.2, -0.15) is 11.8 Å². The second kappa shape index (κ2) is 8.14. The Bertz CT molecular complexity index is 271. The first-order valence-corrected chi connectivity index (χ1v) is 6.56. The number of thioether (sulfide) groups is 1. The number of rotatable bonds is 4. The summed E-state index contributed by atoms with van der Waals surface area (Å²) in [5.74, 6) is 0.408. The molecule has 1 unspecified atom stereocenters. The predicted octanol–water partition coefficient (Wildman–Crippen LogP) is 1.13. The van der Waals surface area contributed by atoms with Crippen LogP contribution in [0.5, 0.6) is 0 Å². The normalized spacial score (nSPS) is 20.8. The van der Waals surface area contributed by atoms with E-state index in [2.05, 4.69) is 11.3 Å². The van der Waals surface area contributed by atoms with Gasteiger partial charge in [-0.25, -0.2) is 9.59 Å². The SMILES string of the molecule is C=CC(=O)OCC(=O)OC1CSCCCCO1. The molecule has 0 spiro atoms. The molecule has 0 radical (unpaired) electrons. The van der Waals surface area contributed by atoms with Gasteiger partial charge >= 0.3 is 11.9 Å². The lowest BCUT2D eigenvalue weighted by molar-refractivity contribution is -0.180. The summed E-state index contributed by atoms with van der Waals surface area (Å²) in [6, 6.07) is 0. The summed E-state index contributed by atoms with van der Waals surface area (Å²) in [5, 5.41) is 0. The maximum Gasteiger partial charge on any atom is 0.346 e. The van der Waals surface area contributed by atoms with Crippen molar-refractivity contribution in [2.45, 2.75) is 19.1 Å². The Morgan fingerprint density at radius 2 is 2.29 bits per heavy atom. The van der Waals surface area contributed by atoms with Crippen LogP contribution in [-0.4, -0.2) is 42.9 Å². The lowest BCUT2D eigenvalue weighted by atomic mass is 10.3. The fourth-order valence-corrected chi connectivity index (χ4v) is 2.12. The molecular weight excluding hydrogens is 244 g/mol. The van der Waals surface area contributed by atoms with E-state index in [0.717, 1.165) is 24.7 Å². The third kappa shape index (κ3) is 6.33. The number of hydrogen-bond donors (Lipinski definition) is 0. The first-order chi connectivity index (χ1) is 8.22. The summed E-state index contributed by atoms with van der Waals surface area (Å²) >= 11 is 1.68. The van der Waals surface area contributed by atoms with Crippen molar-refractivity contribution in [1.29, 1.82) is 0 Å². The van der Waals surface area contributed by atoms with Crippen molar-refractivity contribution >= 4 is 23.7 Å². The van der Waals surface area contributed by atoms with Crippen molar-refractivity contribution in [2.75, 3.05) is 24.7 Å². The summed E-state index contributed by atoms with van der Waals surface area (Å²) < 4.78 is 14.9. The van der Waals surface area contributed by atoms with Gasteiger partial charge in [-0.05, 0) is 18.6 Å². The monoisotopic (exact) mass is 260 g/mol. The summed E-state index contributed by atoms with van der Waals surface area (Å²) in [4.78, 5) is 22.0. The fraction of sp³-hybridized carbons (Fsp3) is 0.636. The maximum atomic E-state index is 11.3. The number of esters is 2. The molecule has 1 heterocycles. The van der Waals surface area contributed by atoms with Crippen LogP contribution in [0, 0.1) is 0 Å². The van der Waals surface area contributed by atoms with Crippen LogP contribution in [0.15, 0.2) is 12.7 Å². The molecule has 5 nitrogen and oxygen atoms in total. The van der Waals surface area contributed by atoms with Gasteiger partial charge in [-0.15, -0.1) is 0 Å². The molecule has 0 N–H and O–H groups in total. The van der Waals surface area contributed by atoms with Gasteiger partial charge in [-0.3, -0.25) is 0 Å². The third-order valence-corrected chi connectivity index (χ3v) is 3.09. The zero-order chi connectivity index (χ0) is 12.5. The molecule has 0 aromatic rings. The van der Waals surface area contributed by atoms with Crippen molar-refractivity contribution in [3.8, 4) is 0 Å². The van der Waals surface area contributed by atoms with Gasteiger partial charge in [-0.1, -0.05) is 6.58 Å². The predicted molar refractivity (Wildman–Crippen MR) is 63.5 cm³/mol. The van der Waals surface area contributed by atoms with Gasteiger partial charge in [0, 0.05) is 6.08 Å². The molecule has 0 aromatic carbocycles. The second-order valence-electron chi connectivity index (χ2n) is 3.38. The number of carbonyl (C=O) groups excluding carboxylic acids is 2. The Kier molecular flexibility index (Phi) is 6.73. The van der Waals surface area contributed by atoms with Gasteiger partial charge in [0.2, 0.25) is 6.29 Å². The average Bonchev–Trinajstić information content (AvgIpc) is 2.29. The first kappa shape index (κ1) is 14.1. The van der Waals surface area contributed by atoms with E-state index in [1.54, 1.807) is 11.8 Å². The molecule has 1 aliphatic heterocycles. The van der Waals surface area contributed by atoms with Crippen molar-refractivity contribution in [3.05, 3.63) is 12.7 Å². The van der Waals surface area contributed by atoms with Crippen molar-refractivity contribution in [2.24, 2.45) is 0 Å². The molecular formula is C11H16O5S. The highest BCUT2D eigenvalue weighted by atomic mass is 32.2. The largest absolute Gasteiger partial charge is 0.451 e. The Hall–Kier alpha value is -1.01. The van der Waals surface area contributed by atoms with Gasteiger partial charge in [0.25, 0.3) is 0 Å². The lowest BCUT2D eigenvalue weighted by Crippen LogP contribution is -2.28. The number of ether oxygens (including phenoxy) is 3. The number of carbonyl (C=O) groups is 2. The molecule has 1 atom stereocenters. The molecule has 1 fully saturated rings. The van der Waals surface area contributed by atoms with E-state index in [1.807, 2.05) is 0 Å². The van der Waals surface area contributed by atoms with Crippen molar-refractivity contribution < 1.29 is 23.8 Å². The lowest BCUT2D eigenvalue weighted by Gasteiger charge is -2.20. The number of hydrogen-bond acceptors (Lipinski definition) is 6. The Morgan fingerprint density at radius 3 is 3.06 bits per heavy atom. The van der Waals surface area contributed by atoms with E-state index >= 15 is 0 Å². The molecule has 1 saturated heterocycles. The van der Waals surface area contributed by atoms with E-state index in [-0.39, 0.29) is 0 Å². The van der Waals surface area contributed by atoms with Crippen molar-refractivity contribution in [1.82, 2.24) is 0 Å². The van der Waals surface area contributed by atoms with Gasteiger partial charge in [0.05, 0.1) is 12.4 Å². The molecule has 6 heteroatoms. The highest BCUT2D eigenvalue weighted by Crippen LogP contribution is 2.14. The van der Waals surface area contributed by atoms with E-state index in [4.69, 9.17) is 9.47 Å². The highest BCUT2D eigenvalue weighted by Gasteiger charge is 2.17. The summed E-state index contributed by atoms with van der Waals surface area (Å²) in [7, 11) is 0. The van der Waals surface area contributed by atoms with E-state index in [0.29, 0.717) is 12.4 Å². The van der Waals surface area contributed by atoms with Crippen LogP contribution >= 0.6 is 11.8 Å². The van der Waals surface area contributed by atoms with Crippen LogP contribution in [0.25, 0.3) is 0 Å². The zero-order valence-electron chi connectivity index (χ0n) is 9.55. The third-order valence-electron chi connectivity index (χ3n) is 2.00. The van der Waals surface area contributed by atoms with Crippen LogP contribution in [-0.2, 0) is 23.8 Å². The van der Waals surface area contributed by atoms with Gasteiger partial charge < -0.3 is 14.2 Å². The summed E-state index contributed by atoms with van der Waals surface area (Å²) in [5.41, 5.74) is 0. The molecule has 0 aliphatic carbocycles. The minimum atomic E-state index is -0.644. The summed E-state index contributed by atoms with van der Waals surface area (Å²) in [6.07, 6.45) is 2.53. The van der Waals surface area contributed by atoms with Crippen LogP contribution < -0.4 is 0 Å². The van der Waals surface area contributed by atoms with E-state index in [1.165, 1.54) is 0 Å². The minimum Gasteiger partial charge on any atom is -0.451 e. The molecule has 1 aliphatic rings. The van der Waals surface area contributed by atoms with Crippen LogP contribution in [0.2, 0.25) is 0 Å². The zero-order valence-corrected chi connectivity index (χ0v) is 10.4. The molecule has 0 aromatic heterocycles. The molecule has 0 amide bonds. The second-order valence-corrected chi connectivity index (χ2v) is 4.53. The molecule has 96 valence electrons. The van der Waals surface area contributed by atoms with E-state index < -0.39 is 24.8 Å². The van der Waals surface area contributed by atoms with E-state index in [9.17, 15) is 9.59 Å². The fourth-order valence-electron chi connectivity index (χ4n) is 1.19. The minimum absolute atomic E-state index is 0.407. The highest BCUT2D eigenvalue weighted by molar-refractivity contribution is 7.99. The Balaban J connectivity index is 2.23. The summed E-state index contributed by atoms with van der Waals surface area (Å²) in [6.45, 7) is 3.40. The molecule has 17 heavy (non-hydrogen) atoms. The smallest absolute Gasteiger partial charge is 0.346 e. The molecule has 1 rings (SSSR count). The Labute approximate surface area is 104 Å². The maximum absolute atomic E-state index is 11.3. The van der Waals surface area contributed by atoms with Gasteiger partial charge in [0.15, 0.2) is 6.61 Å². The topological polar surface area (TPSA) is 61.8 Å². The average molecular weight is 260 g/mol. The standard InChI is InChI=1S/C11H16O5S/c1-2-9(12)15-7-10(13)16-11-8-17-6-4-3-5-14-11/h2,11H,1,3-8H2. The molecule has 0 bridgehead atoms. The van der Waals surface area contributed by atoms with Gasteiger partial charge in [0.1, 0.15) is 0 Å². The van der Waals surface area contributed by atoms with Crippen LogP contribution in [0.3, 0.4) is 0 Å². The molecule has 0 saturated carbocycles. The van der Waals surface area contributed by atoms with Crippen LogP contribution in [0.1, 0.15) is 12.8 Å². The Morgan fingerprint density at radius 1 is 1.47 bits per heavy atom. The quantitative estimate of drug-likeness (QED) is 0.558. The van der Waals surface area contributed by atoms with Crippen molar-refractivity contribution in [3.63, 3.8) is 0 Å². The first-order valence-electron chi connectivity index (χ1n) is 5.40.